The minimum atomic E-state index is 0.765. The van der Waals surface area contributed by atoms with E-state index in [2.05, 4.69) is 40.5 Å². The molecule has 1 aromatic carbocycles. The monoisotopic (exact) mass is 244 g/mol. The van der Waals surface area contributed by atoms with Crippen LogP contribution in [0.2, 0.25) is 0 Å². The molecule has 0 saturated carbocycles. The van der Waals surface area contributed by atoms with Gasteiger partial charge in [0.25, 0.3) is 0 Å². The molecule has 0 bridgehead atoms. The fraction of sp³-hybridized carbons (Fsp3) is 0.625. The number of nitrogens with zero attached hydrogens (tertiary/aromatic N) is 1. The topological polar surface area (TPSA) is 15.3 Å². The van der Waals surface area contributed by atoms with Crippen LogP contribution in [0, 0.1) is 5.92 Å². The summed E-state index contributed by atoms with van der Waals surface area (Å²) in [6.45, 7) is 4.82. The zero-order valence-corrected chi connectivity index (χ0v) is 11.1. The lowest BCUT2D eigenvalue weighted by atomic mass is 9.88. The van der Waals surface area contributed by atoms with Crippen LogP contribution in [-0.2, 0) is 6.54 Å². The molecule has 3 rings (SSSR count). The average Bonchev–Trinajstić information content (AvgIpc) is 2.63. The van der Waals surface area contributed by atoms with Crippen LogP contribution in [0.15, 0.2) is 30.3 Å². The summed E-state index contributed by atoms with van der Waals surface area (Å²) >= 11 is 0. The Morgan fingerprint density at radius 3 is 2.89 bits per heavy atom. The van der Waals surface area contributed by atoms with E-state index in [1.54, 1.807) is 0 Å². The van der Waals surface area contributed by atoms with E-state index in [-0.39, 0.29) is 0 Å². The predicted octanol–water partition coefficient (Wildman–Crippen LogP) is 2.65. The van der Waals surface area contributed by atoms with E-state index in [1.165, 1.54) is 50.9 Å². The zero-order chi connectivity index (χ0) is 12.2. The number of nitrogens with one attached hydrogen (secondary N) is 1. The fourth-order valence-electron chi connectivity index (χ4n) is 3.56. The first-order chi connectivity index (χ1) is 8.93. The van der Waals surface area contributed by atoms with Gasteiger partial charge in [-0.15, -0.1) is 0 Å². The zero-order valence-electron chi connectivity index (χ0n) is 11.1. The molecule has 2 heterocycles. The Hall–Kier alpha value is -0.860. The molecule has 0 spiro atoms. The molecule has 2 aliphatic rings. The molecule has 2 aliphatic heterocycles. The SMILES string of the molecule is c1ccc(CN2CCCC[C@@H]3CCNC[C@H]32)cc1. The number of likely N-dealkylation sites (tertiary alicyclic amines) is 1. The lowest BCUT2D eigenvalue weighted by Crippen LogP contribution is -2.50. The molecule has 2 fully saturated rings. The molecule has 0 unspecified atom stereocenters. The molecule has 0 amide bonds. The van der Waals surface area contributed by atoms with Crippen molar-refractivity contribution in [3.8, 4) is 0 Å². The fourth-order valence-corrected chi connectivity index (χ4v) is 3.56. The minimum absolute atomic E-state index is 0.765. The van der Waals surface area contributed by atoms with Crippen molar-refractivity contribution in [1.82, 2.24) is 10.2 Å². The number of hydrogen-bond acceptors (Lipinski definition) is 2. The van der Waals surface area contributed by atoms with E-state index in [0.717, 1.165) is 18.5 Å². The molecule has 2 heteroatoms. The Labute approximate surface area is 110 Å². The minimum Gasteiger partial charge on any atom is -0.315 e. The van der Waals surface area contributed by atoms with Crippen LogP contribution >= 0.6 is 0 Å². The van der Waals surface area contributed by atoms with E-state index >= 15 is 0 Å². The number of hydrogen-bond donors (Lipinski definition) is 1. The van der Waals surface area contributed by atoms with Gasteiger partial charge >= 0.3 is 0 Å². The second kappa shape index (κ2) is 5.85. The Morgan fingerprint density at radius 2 is 2.00 bits per heavy atom. The van der Waals surface area contributed by atoms with Gasteiger partial charge in [-0.25, -0.2) is 0 Å². The Kier molecular flexibility index (Phi) is 3.96. The first-order valence-corrected chi connectivity index (χ1v) is 7.42. The molecule has 0 aliphatic carbocycles. The molecule has 1 N–H and O–H groups in total. The first-order valence-electron chi connectivity index (χ1n) is 7.42. The summed E-state index contributed by atoms with van der Waals surface area (Å²) < 4.78 is 0. The maximum atomic E-state index is 3.59. The van der Waals surface area contributed by atoms with Crippen LogP contribution in [0.25, 0.3) is 0 Å². The molecular weight excluding hydrogens is 220 g/mol. The van der Waals surface area contributed by atoms with E-state index in [9.17, 15) is 0 Å². The van der Waals surface area contributed by atoms with Crippen LogP contribution in [0.1, 0.15) is 31.2 Å². The highest BCUT2D eigenvalue weighted by Gasteiger charge is 2.31. The van der Waals surface area contributed by atoms with E-state index in [1.807, 2.05) is 0 Å². The summed E-state index contributed by atoms with van der Waals surface area (Å²) in [5.41, 5.74) is 1.46. The number of piperidine rings is 1. The maximum absolute atomic E-state index is 3.59. The van der Waals surface area contributed by atoms with Crippen LogP contribution in [-0.4, -0.2) is 30.6 Å². The van der Waals surface area contributed by atoms with Crippen molar-refractivity contribution in [3.63, 3.8) is 0 Å². The van der Waals surface area contributed by atoms with Gasteiger partial charge in [0.1, 0.15) is 0 Å². The Morgan fingerprint density at radius 1 is 1.11 bits per heavy atom. The van der Waals surface area contributed by atoms with Gasteiger partial charge in [0, 0.05) is 19.1 Å². The lowest BCUT2D eigenvalue weighted by molar-refractivity contribution is 0.120. The van der Waals surface area contributed by atoms with Crippen LogP contribution in [0.5, 0.6) is 0 Å². The van der Waals surface area contributed by atoms with Crippen LogP contribution in [0.4, 0.5) is 0 Å². The molecule has 2 atom stereocenters. The van der Waals surface area contributed by atoms with Gasteiger partial charge in [0.15, 0.2) is 0 Å². The number of benzene rings is 1. The summed E-state index contributed by atoms with van der Waals surface area (Å²) in [6, 6.07) is 11.7. The molecule has 2 nitrogen and oxygen atoms in total. The normalized spacial score (nSPS) is 29.6. The van der Waals surface area contributed by atoms with E-state index in [4.69, 9.17) is 0 Å². The molecule has 2 saturated heterocycles. The summed E-state index contributed by atoms with van der Waals surface area (Å²) in [6.07, 6.45) is 5.61. The number of rotatable bonds is 2. The Bertz CT molecular complexity index is 363. The molecule has 1 aromatic rings. The summed E-state index contributed by atoms with van der Waals surface area (Å²) in [7, 11) is 0. The van der Waals surface area contributed by atoms with Crippen molar-refractivity contribution in [1.29, 1.82) is 0 Å². The third-order valence-electron chi connectivity index (χ3n) is 4.56. The van der Waals surface area contributed by atoms with E-state index < -0.39 is 0 Å². The third kappa shape index (κ3) is 2.76. The van der Waals surface area contributed by atoms with Gasteiger partial charge in [0.05, 0.1) is 0 Å². The lowest BCUT2D eigenvalue weighted by Gasteiger charge is -2.38. The number of fused-ring (bicyclic) bond motifs is 1. The molecule has 98 valence electrons. The molecule has 18 heavy (non-hydrogen) atoms. The summed E-state index contributed by atoms with van der Waals surface area (Å²) in [5, 5.41) is 3.59. The van der Waals surface area contributed by atoms with Gasteiger partial charge in [-0.2, -0.15) is 0 Å². The summed E-state index contributed by atoms with van der Waals surface area (Å²) in [5.74, 6) is 0.928. The summed E-state index contributed by atoms with van der Waals surface area (Å²) in [4.78, 5) is 2.72. The van der Waals surface area contributed by atoms with Crippen LogP contribution in [0.3, 0.4) is 0 Å². The van der Waals surface area contributed by atoms with Crippen molar-refractivity contribution < 1.29 is 0 Å². The average molecular weight is 244 g/mol. The van der Waals surface area contributed by atoms with Gasteiger partial charge in [-0.3, -0.25) is 4.90 Å². The van der Waals surface area contributed by atoms with E-state index in [0.29, 0.717) is 0 Å². The van der Waals surface area contributed by atoms with Gasteiger partial charge in [-0.05, 0) is 43.8 Å². The standard InChI is InChI=1S/C16H24N2/c1-2-6-14(7-3-1)13-18-11-5-4-8-15-9-10-17-12-16(15)18/h1-3,6-7,15-17H,4-5,8-13H2/t15-,16-/m1/s1. The third-order valence-corrected chi connectivity index (χ3v) is 4.56. The van der Waals surface area contributed by atoms with Crippen molar-refractivity contribution in [2.75, 3.05) is 19.6 Å². The highest BCUT2D eigenvalue weighted by Crippen LogP contribution is 2.28. The Balaban J connectivity index is 1.72. The molecular formula is C16H24N2. The van der Waals surface area contributed by atoms with Gasteiger partial charge in [-0.1, -0.05) is 36.8 Å². The smallest absolute Gasteiger partial charge is 0.0252 e. The second-order valence-corrected chi connectivity index (χ2v) is 5.77. The quantitative estimate of drug-likeness (QED) is 0.860. The van der Waals surface area contributed by atoms with Crippen LogP contribution < -0.4 is 5.32 Å². The maximum Gasteiger partial charge on any atom is 0.0252 e. The van der Waals surface area contributed by atoms with Crippen molar-refractivity contribution in [2.24, 2.45) is 5.92 Å². The van der Waals surface area contributed by atoms with Gasteiger partial charge < -0.3 is 5.32 Å². The van der Waals surface area contributed by atoms with Gasteiger partial charge in [0.2, 0.25) is 0 Å². The molecule has 0 aromatic heterocycles. The van der Waals surface area contributed by atoms with Crippen molar-refractivity contribution >= 4 is 0 Å². The first kappa shape index (κ1) is 12.2. The highest BCUT2D eigenvalue weighted by molar-refractivity contribution is 5.14. The van der Waals surface area contributed by atoms with Crippen molar-refractivity contribution in [2.45, 2.75) is 38.3 Å². The highest BCUT2D eigenvalue weighted by atomic mass is 15.2. The molecule has 0 radical (unpaired) electrons. The van der Waals surface area contributed by atoms with Crippen molar-refractivity contribution in [3.05, 3.63) is 35.9 Å². The largest absolute Gasteiger partial charge is 0.315 e. The predicted molar refractivity (Wildman–Crippen MR) is 75.5 cm³/mol. The second-order valence-electron chi connectivity index (χ2n) is 5.77.